The molecule has 554 valence electrons. The number of thioether (sulfide) groups is 1. The van der Waals surface area contributed by atoms with Crippen molar-refractivity contribution < 1.29 is 76.9 Å². The Balaban J connectivity index is 1.16. The van der Waals surface area contributed by atoms with Crippen molar-refractivity contribution in [2.75, 3.05) is 58.8 Å². The highest BCUT2D eigenvalue weighted by atomic mass is 35.5. The summed E-state index contributed by atoms with van der Waals surface area (Å²) in [5.41, 5.74) is 25.3. The summed E-state index contributed by atoms with van der Waals surface area (Å²) in [6.45, 7) is 5.83. The maximum Gasteiger partial charge on any atom is 0.252 e. The smallest absolute Gasteiger partial charge is 0.252 e. The van der Waals surface area contributed by atoms with Gasteiger partial charge in [0.2, 0.25) is 53.2 Å². The van der Waals surface area contributed by atoms with Gasteiger partial charge in [0.15, 0.2) is 22.5 Å². The molecule has 0 bridgehead atoms. The third-order valence-electron chi connectivity index (χ3n) is 15.7. The van der Waals surface area contributed by atoms with E-state index in [4.69, 9.17) is 53.3 Å². The lowest BCUT2D eigenvalue weighted by atomic mass is 10.0. The van der Waals surface area contributed by atoms with Crippen molar-refractivity contribution in [1.29, 1.82) is 0 Å². The Hall–Kier alpha value is -9.75. The van der Waals surface area contributed by atoms with Crippen LogP contribution in [0.5, 0.6) is 23.0 Å². The third kappa shape index (κ3) is 24.2. The topological polar surface area (TPSA) is 527 Å². The Kier molecular flexibility index (Phi) is 31.9. The number of nitrogens with two attached hydrogens (primary N) is 4. The predicted molar refractivity (Wildman–Crippen MR) is 379 cm³/mol. The van der Waals surface area contributed by atoms with E-state index < -0.39 is 139 Å². The minimum absolute atomic E-state index is 0.0643. The number of aliphatic hydroxyl groups excluding tert-OH is 2. The van der Waals surface area contributed by atoms with E-state index in [0.29, 0.717) is 61.8 Å². The molecule has 34 nitrogen and oxygen atoms in total. The highest BCUT2D eigenvalue weighted by Gasteiger charge is 2.36. The molecule has 10 amide bonds. The standard InChI is InChI=1S/C66H91ClN18O16S/c1-33(2)26-49-63(95)78-44(15-21-69)59(91)77-46(17-23-71)62(94)84-55(35(4)86)64(96)73-24-18-47(61(93)76-43(14-20-68)58(90)74-31-54(88)75-49)79-60(92)45(16-22-70)80-65(97)56(36(5)87)83-57(89)38-10-8-37(9-11-38)32-102-66(82-53-27-34(3)101-85-53)81-42-13-12-39(28-41(42)67)100-50-19-25-72-48-30-52(99-7)51(98-6)29-40(48)50/h8-13,19,25,27-30,33,35-36,43-47,49,55-56,86-87H,14-18,20-24,26,31-32,68-71H2,1-7H3,(H,73,96)(H,74,90)(H,75,88)(H,76,93)(H,77,91)(H,78,95)(H,79,92)(H,80,97)(H,83,89)(H,84,94)(H,81,82,85)/t35-,36+,43+,44+,45-,46+,47-,49+,55+,56+/m1/s1. The number of hydrogen-bond donors (Lipinski definition) is 17. The number of hydrogen-bond acceptors (Lipinski definition) is 24. The lowest BCUT2D eigenvalue weighted by Crippen LogP contribution is -2.61. The van der Waals surface area contributed by atoms with Gasteiger partial charge in [0, 0.05) is 47.6 Å². The second-order valence-electron chi connectivity index (χ2n) is 24.2. The minimum atomic E-state index is -1.69. The van der Waals surface area contributed by atoms with Crippen LogP contribution in [0.15, 0.2) is 82.4 Å². The summed E-state index contributed by atoms with van der Waals surface area (Å²) in [5.74, 6) is -6.47. The van der Waals surface area contributed by atoms with Crippen molar-refractivity contribution >= 4 is 110 Å². The minimum Gasteiger partial charge on any atom is -0.493 e. The number of methoxy groups -OCH3 is 2. The van der Waals surface area contributed by atoms with Crippen LogP contribution in [-0.2, 0) is 48.9 Å². The van der Waals surface area contributed by atoms with Crippen molar-refractivity contribution in [3.63, 3.8) is 0 Å². The maximum absolute atomic E-state index is 14.3. The highest BCUT2D eigenvalue weighted by molar-refractivity contribution is 8.13. The number of ether oxygens (including phenoxy) is 3. The van der Waals surface area contributed by atoms with Crippen molar-refractivity contribution in [2.24, 2.45) is 33.8 Å². The van der Waals surface area contributed by atoms with Gasteiger partial charge in [0.05, 0.1) is 49.2 Å². The van der Waals surface area contributed by atoms with E-state index in [9.17, 15) is 58.2 Å². The molecule has 102 heavy (non-hydrogen) atoms. The van der Waals surface area contributed by atoms with E-state index in [-0.39, 0.29) is 80.6 Å². The molecule has 1 fully saturated rings. The Morgan fingerprint density at radius 3 is 1.93 bits per heavy atom. The van der Waals surface area contributed by atoms with Crippen LogP contribution in [0.4, 0.5) is 11.5 Å². The van der Waals surface area contributed by atoms with E-state index >= 15 is 0 Å². The Labute approximate surface area is 597 Å². The fraction of sp³-hybridized carbons (Fsp3) is 0.470. The zero-order valence-electron chi connectivity index (χ0n) is 57.5. The Morgan fingerprint density at radius 1 is 0.716 bits per heavy atom. The fourth-order valence-corrected chi connectivity index (χ4v) is 11.3. The number of amides is 10. The number of fused-ring (bicyclic) bond motifs is 1. The normalized spacial score (nSPS) is 19.8. The molecule has 0 unspecified atom stereocenters. The summed E-state index contributed by atoms with van der Waals surface area (Å²) in [4.78, 5) is 148. The number of rotatable bonds is 26. The Morgan fingerprint density at radius 2 is 1.34 bits per heavy atom. The molecule has 0 spiro atoms. The number of nitrogens with one attached hydrogen (secondary N) is 11. The maximum atomic E-state index is 14.3. The lowest BCUT2D eigenvalue weighted by molar-refractivity contribution is -0.135. The molecule has 6 rings (SSSR count). The van der Waals surface area contributed by atoms with Crippen LogP contribution >= 0.6 is 23.4 Å². The van der Waals surface area contributed by atoms with Crippen LogP contribution in [0.25, 0.3) is 10.9 Å². The quantitative estimate of drug-likeness (QED) is 0.0242. The van der Waals surface area contributed by atoms with Gasteiger partial charge >= 0.3 is 0 Å². The molecule has 2 aromatic heterocycles. The lowest BCUT2D eigenvalue weighted by Gasteiger charge is -2.28. The fourth-order valence-electron chi connectivity index (χ4n) is 10.3. The van der Waals surface area contributed by atoms with Gasteiger partial charge in [0.1, 0.15) is 65.6 Å². The summed E-state index contributed by atoms with van der Waals surface area (Å²) < 4.78 is 22.5. The zero-order valence-corrected chi connectivity index (χ0v) is 59.1. The van der Waals surface area contributed by atoms with Crippen molar-refractivity contribution in [2.45, 2.75) is 139 Å². The summed E-state index contributed by atoms with van der Waals surface area (Å²) in [7, 11) is 3.06. The van der Waals surface area contributed by atoms with E-state index in [2.05, 4.69) is 73.6 Å². The second-order valence-corrected chi connectivity index (χ2v) is 25.6. The van der Waals surface area contributed by atoms with Crippen LogP contribution in [0.2, 0.25) is 5.02 Å². The number of carbonyl (C=O) groups excluding carboxylic acids is 10. The molecular weight excluding hydrogens is 1370 g/mol. The number of nitrogens with zero attached hydrogens (tertiary/aromatic N) is 3. The summed E-state index contributed by atoms with van der Waals surface area (Å²) in [6.07, 6.45) is -2.70. The number of halogens is 1. The molecule has 1 aliphatic heterocycles. The molecule has 36 heteroatoms. The van der Waals surface area contributed by atoms with Crippen molar-refractivity contribution in [3.8, 4) is 23.0 Å². The number of benzene rings is 3. The summed E-state index contributed by atoms with van der Waals surface area (Å²) in [5, 5.41) is 55.3. The van der Waals surface area contributed by atoms with E-state index in [1.54, 1.807) is 81.6 Å². The van der Waals surface area contributed by atoms with Crippen LogP contribution in [-0.4, -0.2) is 199 Å². The number of carbonyl (C=O) groups is 10. The highest BCUT2D eigenvalue weighted by Crippen LogP contribution is 2.38. The number of aromatic nitrogens is 2. The van der Waals surface area contributed by atoms with Gasteiger partial charge in [-0.15, -0.1) is 0 Å². The van der Waals surface area contributed by atoms with Crippen LogP contribution in [0.3, 0.4) is 0 Å². The molecule has 0 aliphatic carbocycles. The molecule has 3 heterocycles. The summed E-state index contributed by atoms with van der Waals surface area (Å²) >= 11 is 8.11. The van der Waals surface area contributed by atoms with Gasteiger partial charge in [-0.1, -0.05) is 54.5 Å². The van der Waals surface area contributed by atoms with Crippen molar-refractivity contribution in [3.05, 3.63) is 94.8 Å². The van der Waals surface area contributed by atoms with Gasteiger partial charge in [-0.05, 0) is 133 Å². The number of anilines is 1. The first kappa shape index (κ1) is 81.2. The molecule has 3 aromatic carbocycles. The van der Waals surface area contributed by atoms with Crippen molar-refractivity contribution in [1.82, 2.24) is 63.3 Å². The molecule has 1 aliphatic rings. The van der Waals surface area contributed by atoms with Gasteiger partial charge in [-0.3, -0.25) is 52.9 Å². The number of amidine groups is 1. The molecule has 10 atom stereocenters. The molecule has 1 saturated heterocycles. The number of aryl methyl sites for hydroxylation is 1. The molecule has 5 aromatic rings. The average Bonchev–Trinajstić information content (AvgIpc) is 0.917. The first-order chi connectivity index (χ1) is 48.7. The van der Waals surface area contributed by atoms with Gasteiger partial charge in [0.25, 0.3) is 5.91 Å². The number of aliphatic hydroxyl groups is 2. The SMILES string of the molecule is COc1cc2nccc(Oc3ccc(NC(=Nc4cc(C)on4)SCc4ccc(C(=O)N[C@H](C(=O)N[C@H](CCN)C(=O)N[C@@H]5CCNC(=O)[C@H]([C@@H](C)O)NC(=O)[C@H](CCN)NC(=O)[C@H](CCN)NC(=O)[C@H](CC(C)C)NC(=O)CNC(=O)[C@H](CCN)NC5=O)[C@H](C)O)cc4)c(Cl)c3)c2cc1OC. The monoisotopic (exact) mass is 1460 g/mol. The molecule has 21 N–H and O–H groups in total. The molecule has 0 radical (unpaired) electrons. The second kappa shape index (κ2) is 40.0. The van der Waals surface area contributed by atoms with Gasteiger partial charge < -0.3 is 110 Å². The van der Waals surface area contributed by atoms with Crippen LogP contribution < -0.4 is 95.6 Å². The summed E-state index contributed by atoms with van der Waals surface area (Å²) in [6, 6.07) is 6.16. The van der Waals surface area contributed by atoms with Gasteiger partial charge in [-0.2, -0.15) is 0 Å². The number of pyridine rings is 1. The number of aliphatic imine (C=N–C) groups is 1. The van der Waals surface area contributed by atoms with E-state index in [0.717, 1.165) is 0 Å². The first-order valence-corrected chi connectivity index (χ1v) is 34.2. The third-order valence-corrected chi connectivity index (χ3v) is 16.9. The van der Waals surface area contributed by atoms with E-state index in [1.807, 2.05) is 0 Å². The largest absolute Gasteiger partial charge is 0.493 e. The molecular formula is C66H91ClN18O16S. The van der Waals surface area contributed by atoms with Crippen LogP contribution in [0.1, 0.15) is 87.9 Å². The predicted octanol–water partition coefficient (Wildman–Crippen LogP) is -0.642. The molecule has 0 saturated carbocycles. The zero-order chi connectivity index (χ0) is 74.7. The van der Waals surface area contributed by atoms with E-state index in [1.165, 1.54) is 52.0 Å². The van der Waals surface area contributed by atoms with Gasteiger partial charge in [-0.25, -0.2) is 4.99 Å². The first-order valence-electron chi connectivity index (χ1n) is 32.8. The van der Waals surface area contributed by atoms with Crippen LogP contribution in [0, 0.1) is 12.8 Å². The Bertz CT molecular complexity index is 3770. The average molecular weight is 1460 g/mol.